The summed E-state index contributed by atoms with van der Waals surface area (Å²) >= 11 is 0. The molecule has 7 aromatic heterocycles. The summed E-state index contributed by atoms with van der Waals surface area (Å²) in [6.07, 6.45) is 10.1. The Kier molecular flexibility index (Phi) is 31.9. The van der Waals surface area contributed by atoms with Crippen LogP contribution in [0.1, 0.15) is 212 Å². The average molecular weight is 1970 g/mol. The van der Waals surface area contributed by atoms with Gasteiger partial charge in [-0.25, -0.2) is 52.2 Å². The second-order valence-corrected chi connectivity index (χ2v) is 47.0. The van der Waals surface area contributed by atoms with E-state index >= 15 is 0 Å². The second kappa shape index (κ2) is 42.1. The topological polar surface area (TPSA) is 422 Å². The highest BCUT2D eigenvalue weighted by molar-refractivity contribution is 7.91. The van der Waals surface area contributed by atoms with Crippen molar-refractivity contribution in [2.24, 2.45) is 29.4 Å². The maximum atomic E-state index is 13.3. The predicted molar refractivity (Wildman–Crippen MR) is 535 cm³/mol. The fourth-order valence-electron chi connectivity index (χ4n) is 18.9. The van der Waals surface area contributed by atoms with Gasteiger partial charge in [0.1, 0.15) is 51.9 Å². The van der Waals surface area contributed by atoms with Gasteiger partial charge in [-0.05, 0) is 286 Å². The zero-order valence-corrected chi connectivity index (χ0v) is 85.6. The van der Waals surface area contributed by atoms with Crippen LogP contribution in [0.25, 0.3) is 11.3 Å². The van der Waals surface area contributed by atoms with Crippen LogP contribution in [0.5, 0.6) is 29.0 Å². The quantitative estimate of drug-likeness (QED) is 0.0355. The van der Waals surface area contributed by atoms with Crippen LogP contribution < -0.4 is 68.1 Å². The Bertz CT molecular complexity index is 6600. The molecule has 1 aliphatic carbocycles. The Labute approximate surface area is 811 Å². The lowest BCUT2D eigenvalue weighted by molar-refractivity contribution is 0.0972. The molecule has 6 N–H and O–H groups in total. The number of methoxy groups -OCH3 is 2. The Balaban J connectivity index is 0.000000165. The maximum absolute atomic E-state index is 13.3. The lowest BCUT2D eigenvalue weighted by atomic mass is 9.97. The number of aryl methyl sites for hydroxylation is 3. The van der Waals surface area contributed by atoms with Crippen LogP contribution in [0.3, 0.4) is 0 Å². The Hall–Kier alpha value is -12.5. The van der Waals surface area contributed by atoms with Gasteiger partial charge in [0.15, 0.2) is 15.1 Å². The van der Waals surface area contributed by atoms with E-state index < -0.39 is 74.6 Å². The minimum absolute atomic E-state index is 0.0628. The number of aromatic nitrogens is 7. The summed E-state index contributed by atoms with van der Waals surface area (Å²) in [5.41, 5.74) is 11.4. The zero-order chi connectivity index (χ0) is 101. The maximum Gasteiger partial charge on any atom is 0.281 e. The molecule has 138 heavy (non-hydrogen) atoms. The van der Waals surface area contributed by atoms with Crippen molar-refractivity contribution in [3.05, 3.63) is 227 Å². The number of rotatable bonds is 25. The molecule has 10 aromatic rings. The summed E-state index contributed by atoms with van der Waals surface area (Å²) in [7, 11) is -11.6. The van der Waals surface area contributed by atoms with E-state index in [-0.39, 0.29) is 77.3 Å². The number of anilines is 5. The van der Waals surface area contributed by atoms with Crippen molar-refractivity contribution < 1.29 is 71.8 Å². The van der Waals surface area contributed by atoms with Crippen LogP contribution >= 0.6 is 0 Å². The standard InChI is InChI=1S/C27H33N5O4S.C26H30N4O5S.C26H36N4O3S.C22H30N4O4S/c1-19-16-27(2,3)32(17-19)25-22(8-7-15-28-25)26(33)30-37(34,35)24-10-6-9-23(29-24)31(4)18-20-11-13-21(36-5)14-12-20;1-17-12-19(34-5)14-20(13-17)35-22-9-6-10-23(28-22)36(32,33)29-25(31)21-8-7-11-27-24(21)30-16-18(2)15-26(30,3)4;1-16-10-17(2)12-19(11-16)23-9-8-22(24(28-23)30-15-18(3)14-26(30,4)5)25(31)29-34(32,33)21-7-6-20(27)13-21;1-15-13-22(5,6)26(14-15)19-16(9-8-12-23-19)20(27)25-31(28,29)18-11-7-10-17(24-18)30-21(2,3)4/h6-15,19H,16-18H2,1-5H3,(H,30,33);6-14,18H,15-16H2,1-5H3,(H,29,31);8-12,18,20-21H,6-7,13-15,27H2,1-5H3,(H,29,31);7-12,15H,13-14H2,1-6H3,(H,25,27)/t;;18-,20-,21?;/m..0./s1. The third kappa shape index (κ3) is 25.9. The van der Waals surface area contributed by atoms with Gasteiger partial charge in [-0.3, -0.25) is 19.2 Å². The first-order valence-corrected chi connectivity index (χ1v) is 52.0. The summed E-state index contributed by atoms with van der Waals surface area (Å²) in [5.74, 6) is 3.25. The second-order valence-electron chi connectivity index (χ2n) is 40.1. The van der Waals surface area contributed by atoms with Gasteiger partial charge in [-0.2, -0.15) is 35.2 Å². The van der Waals surface area contributed by atoms with Crippen molar-refractivity contribution in [1.82, 2.24) is 53.8 Å². The molecule has 4 aliphatic heterocycles. The first-order valence-electron chi connectivity index (χ1n) is 46.0. The Morgan fingerprint density at radius 2 is 0.833 bits per heavy atom. The Morgan fingerprint density at radius 1 is 0.442 bits per heavy atom. The van der Waals surface area contributed by atoms with E-state index in [0.717, 1.165) is 91.1 Å². The molecule has 738 valence electrons. The van der Waals surface area contributed by atoms with Gasteiger partial charge in [0.05, 0.1) is 47.4 Å². The molecular formula is C101H129N17O16S4. The lowest BCUT2D eigenvalue weighted by Crippen LogP contribution is -2.42. The van der Waals surface area contributed by atoms with Gasteiger partial charge in [0.2, 0.25) is 21.8 Å². The molecule has 11 heterocycles. The fraction of sp³-hybridized carbons (Fsp3) is 0.436. The molecule has 4 amide bonds. The Morgan fingerprint density at radius 3 is 1.25 bits per heavy atom. The van der Waals surface area contributed by atoms with Gasteiger partial charge in [0.25, 0.3) is 53.7 Å². The molecule has 5 aliphatic rings. The molecule has 6 atom stereocenters. The van der Waals surface area contributed by atoms with Crippen molar-refractivity contribution in [2.45, 2.75) is 230 Å². The van der Waals surface area contributed by atoms with Crippen LogP contribution in [0.2, 0.25) is 0 Å². The van der Waals surface area contributed by atoms with Crippen molar-refractivity contribution in [3.8, 4) is 40.3 Å². The molecule has 0 bridgehead atoms. The number of hydrogen-bond donors (Lipinski definition) is 5. The van der Waals surface area contributed by atoms with Gasteiger partial charge in [-0.1, -0.05) is 75.2 Å². The summed E-state index contributed by atoms with van der Waals surface area (Å²) in [6, 6.07) is 45.6. The monoisotopic (exact) mass is 1960 g/mol. The summed E-state index contributed by atoms with van der Waals surface area (Å²) in [4.78, 5) is 93.6. The van der Waals surface area contributed by atoms with E-state index in [0.29, 0.717) is 90.1 Å². The van der Waals surface area contributed by atoms with E-state index in [1.807, 2.05) is 83.8 Å². The van der Waals surface area contributed by atoms with Crippen LogP contribution in [0.4, 0.5) is 29.1 Å². The molecule has 15 rings (SSSR count). The number of nitrogens with two attached hydrogens (primary N) is 1. The minimum Gasteiger partial charge on any atom is -0.497 e. The predicted octanol–water partition coefficient (Wildman–Crippen LogP) is 15.5. The van der Waals surface area contributed by atoms with E-state index in [1.165, 1.54) is 36.4 Å². The highest BCUT2D eigenvalue weighted by Gasteiger charge is 2.45. The normalized spacial score (nSPS) is 19.2. The van der Waals surface area contributed by atoms with Crippen LogP contribution in [-0.4, -0.2) is 179 Å². The minimum atomic E-state index is -4.28. The van der Waals surface area contributed by atoms with Crippen LogP contribution in [0.15, 0.2) is 197 Å². The van der Waals surface area contributed by atoms with Gasteiger partial charge < -0.3 is 49.2 Å². The molecule has 33 nitrogen and oxygen atoms in total. The molecule has 4 saturated heterocycles. The highest BCUT2D eigenvalue weighted by Crippen LogP contribution is 2.43. The van der Waals surface area contributed by atoms with Crippen molar-refractivity contribution in [1.29, 1.82) is 0 Å². The summed E-state index contributed by atoms with van der Waals surface area (Å²) in [5, 5.41) is -1.50. The molecule has 4 unspecified atom stereocenters. The van der Waals surface area contributed by atoms with Gasteiger partial charge in [0, 0.05) is 110 Å². The molecule has 3 aromatic carbocycles. The first-order chi connectivity index (χ1) is 64.6. The lowest BCUT2D eigenvalue weighted by Gasteiger charge is -2.34. The van der Waals surface area contributed by atoms with Gasteiger partial charge >= 0.3 is 0 Å². The number of sulfonamides is 4. The van der Waals surface area contributed by atoms with Crippen LogP contribution in [-0.2, 0) is 46.6 Å². The largest absolute Gasteiger partial charge is 0.497 e. The number of ether oxygens (including phenoxy) is 4. The summed E-state index contributed by atoms with van der Waals surface area (Å²) < 4.78 is 135. The van der Waals surface area contributed by atoms with Crippen LogP contribution in [0, 0.1) is 44.4 Å². The molecular weight excluding hydrogens is 1840 g/mol. The molecule has 37 heteroatoms. The number of carbonyl (C=O) groups is 4. The number of pyridine rings is 7. The van der Waals surface area contributed by atoms with Crippen molar-refractivity contribution >= 4 is 92.8 Å². The number of nitrogens with one attached hydrogen (secondary N) is 4. The fourth-order valence-corrected chi connectivity index (χ4v) is 23.2. The molecule has 0 spiro atoms. The third-order valence-corrected chi connectivity index (χ3v) is 30.1. The smallest absolute Gasteiger partial charge is 0.281 e. The first kappa shape index (κ1) is 104. The van der Waals surface area contributed by atoms with E-state index in [2.05, 4.69) is 170 Å². The number of nitrogens with zero attached hydrogens (tertiary/aromatic N) is 12. The number of benzene rings is 3. The van der Waals surface area contributed by atoms with Crippen molar-refractivity contribution in [3.63, 3.8) is 0 Å². The third-order valence-electron chi connectivity index (χ3n) is 24.6. The van der Waals surface area contributed by atoms with Crippen molar-refractivity contribution in [2.75, 3.05) is 71.9 Å². The SMILES string of the molecule is CC1CN(c2ncccc2C(=O)NS(=O)(=O)c2cccc(OC(C)(C)C)n2)C(C)(C)C1.COc1cc(C)cc(Oc2cccc(S(=O)(=O)NC(=O)c3cccnc3N3CC(C)CC3(C)C)n2)c1.COc1ccc(CN(C)c2cccc(S(=O)(=O)NC(=O)c3cccnc3N3CC(C)CC3(C)C)n2)cc1.Cc1cc(C)cc(-c2ccc(C(=O)NS(=O)(=O)C3CC[C@H](N)C3)c(N3C[C@@H](C)CC3(C)C)n2)c1. The summed E-state index contributed by atoms with van der Waals surface area (Å²) in [6.45, 7) is 40.4. The molecule has 0 radical (unpaired) electrons. The average Bonchev–Trinajstić information content (AvgIpc) is 1.52. The zero-order valence-electron chi connectivity index (χ0n) is 82.4. The highest BCUT2D eigenvalue weighted by atomic mass is 32.2. The van der Waals surface area contributed by atoms with E-state index in [1.54, 1.807) is 112 Å². The molecule has 1 saturated carbocycles. The van der Waals surface area contributed by atoms with E-state index in [4.69, 9.17) is 29.7 Å². The number of hydrogen-bond acceptors (Lipinski definition) is 29. The molecule has 5 fully saturated rings. The van der Waals surface area contributed by atoms with Gasteiger partial charge in [-0.15, -0.1) is 0 Å². The number of amides is 4. The van der Waals surface area contributed by atoms with E-state index in [9.17, 15) is 52.8 Å². The number of carbonyl (C=O) groups excluding carboxylic acids is 4.